The zero-order valence-corrected chi connectivity index (χ0v) is 12.0. The first-order valence-corrected chi connectivity index (χ1v) is 6.51. The van der Waals surface area contributed by atoms with Gasteiger partial charge >= 0.3 is 0 Å². The maximum atomic E-state index is 12.2. The second-order valence-corrected chi connectivity index (χ2v) is 4.90. The van der Waals surface area contributed by atoms with Gasteiger partial charge in [0.1, 0.15) is 0 Å². The van der Waals surface area contributed by atoms with Gasteiger partial charge in [-0.2, -0.15) is 0 Å². The standard InChI is InChI=1S/C13H12Cl2N2O2/c1-3-9-7(2)16-17(13(9)19)8-4-5-11(14)10(6-8)12(15)18/h4-6,16H,3H2,1-2H3. The highest BCUT2D eigenvalue weighted by atomic mass is 35.5. The van der Waals surface area contributed by atoms with Gasteiger partial charge in [0.25, 0.3) is 10.8 Å². The van der Waals surface area contributed by atoms with E-state index >= 15 is 0 Å². The van der Waals surface area contributed by atoms with Crippen molar-refractivity contribution in [1.29, 1.82) is 0 Å². The fraction of sp³-hybridized carbons (Fsp3) is 0.231. The predicted octanol–water partition coefficient (Wildman–Crippen LogP) is 3.07. The minimum Gasteiger partial charge on any atom is -0.295 e. The number of benzene rings is 1. The Kier molecular flexibility index (Phi) is 3.83. The summed E-state index contributed by atoms with van der Waals surface area (Å²) in [6.45, 7) is 3.75. The normalized spacial score (nSPS) is 10.7. The van der Waals surface area contributed by atoms with E-state index in [9.17, 15) is 9.59 Å². The van der Waals surface area contributed by atoms with E-state index in [1.807, 2.05) is 13.8 Å². The molecule has 4 nitrogen and oxygen atoms in total. The van der Waals surface area contributed by atoms with Gasteiger partial charge in [0.05, 0.1) is 16.3 Å². The van der Waals surface area contributed by atoms with Gasteiger partial charge in [0.2, 0.25) is 0 Å². The highest BCUT2D eigenvalue weighted by Crippen LogP contribution is 2.21. The highest BCUT2D eigenvalue weighted by molar-refractivity contribution is 6.68. The Hall–Kier alpha value is -1.52. The molecule has 2 aromatic rings. The lowest BCUT2D eigenvalue weighted by Crippen LogP contribution is -2.17. The molecule has 0 unspecified atom stereocenters. The lowest BCUT2D eigenvalue weighted by Gasteiger charge is -2.04. The van der Waals surface area contributed by atoms with Crippen molar-refractivity contribution in [2.24, 2.45) is 0 Å². The Bertz CT molecular complexity index is 701. The third kappa shape index (κ3) is 2.46. The Morgan fingerprint density at radius 3 is 2.63 bits per heavy atom. The van der Waals surface area contributed by atoms with Gasteiger partial charge in [-0.3, -0.25) is 14.7 Å². The maximum Gasteiger partial charge on any atom is 0.274 e. The molecule has 0 spiro atoms. The highest BCUT2D eigenvalue weighted by Gasteiger charge is 2.14. The molecular formula is C13H12Cl2N2O2. The smallest absolute Gasteiger partial charge is 0.274 e. The van der Waals surface area contributed by atoms with Crippen molar-refractivity contribution in [1.82, 2.24) is 9.78 Å². The Morgan fingerprint density at radius 1 is 1.42 bits per heavy atom. The summed E-state index contributed by atoms with van der Waals surface area (Å²) in [6.07, 6.45) is 0.642. The van der Waals surface area contributed by atoms with E-state index in [1.165, 1.54) is 10.7 Å². The summed E-state index contributed by atoms with van der Waals surface area (Å²) in [5, 5.41) is 2.58. The second kappa shape index (κ2) is 5.23. The molecule has 0 aliphatic carbocycles. The zero-order valence-electron chi connectivity index (χ0n) is 10.5. The molecule has 1 aromatic heterocycles. The molecule has 6 heteroatoms. The minimum absolute atomic E-state index is 0.129. The predicted molar refractivity (Wildman–Crippen MR) is 75.7 cm³/mol. The van der Waals surface area contributed by atoms with Crippen LogP contribution in [0.15, 0.2) is 23.0 Å². The zero-order chi connectivity index (χ0) is 14.2. The first-order chi connectivity index (χ1) is 8.95. The number of hydrogen-bond acceptors (Lipinski definition) is 2. The van der Waals surface area contributed by atoms with Gasteiger partial charge in [-0.05, 0) is 43.1 Å². The molecule has 0 bridgehead atoms. The number of carbonyl (C=O) groups excluding carboxylic acids is 1. The molecule has 0 saturated carbocycles. The van der Waals surface area contributed by atoms with Crippen LogP contribution in [0.25, 0.3) is 5.69 Å². The third-order valence-electron chi connectivity index (χ3n) is 2.97. The van der Waals surface area contributed by atoms with Crippen molar-refractivity contribution < 1.29 is 4.79 Å². The Morgan fingerprint density at radius 2 is 2.11 bits per heavy atom. The number of carbonyl (C=O) groups is 1. The molecular weight excluding hydrogens is 287 g/mol. The first kappa shape index (κ1) is 13.9. The van der Waals surface area contributed by atoms with Crippen LogP contribution in [0.4, 0.5) is 0 Å². The van der Waals surface area contributed by atoms with E-state index in [-0.39, 0.29) is 16.1 Å². The topological polar surface area (TPSA) is 54.9 Å². The summed E-state index contributed by atoms with van der Waals surface area (Å²) in [4.78, 5) is 23.4. The van der Waals surface area contributed by atoms with E-state index in [0.717, 1.165) is 5.69 Å². The summed E-state index contributed by atoms with van der Waals surface area (Å²) in [5.41, 5.74) is 2.10. The number of rotatable bonds is 3. The minimum atomic E-state index is -0.654. The lowest BCUT2D eigenvalue weighted by molar-refractivity contribution is 0.108. The monoisotopic (exact) mass is 298 g/mol. The van der Waals surface area contributed by atoms with Crippen molar-refractivity contribution in [2.45, 2.75) is 20.3 Å². The number of halogens is 2. The largest absolute Gasteiger partial charge is 0.295 e. The van der Waals surface area contributed by atoms with E-state index < -0.39 is 5.24 Å². The fourth-order valence-electron chi connectivity index (χ4n) is 1.98. The molecule has 0 atom stereocenters. The average Bonchev–Trinajstić information content (AvgIpc) is 2.64. The quantitative estimate of drug-likeness (QED) is 0.886. The van der Waals surface area contributed by atoms with E-state index in [1.54, 1.807) is 12.1 Å². The van der Waals surface area contributed by atoms with Gasteiger partial charge in [0.15, 0.2) is 0 Å². The van der Waals surface area contributed by atoms with E-state index in [4.69, 9.17) is 23.2 Å². The van der Waals surface area contributed by atoms with Crippen molar-refractivity contribution >= 4 is 28.4 Å². The lowest BCUT2D eigenvalue weighted by atomic mass is 10.2. The maximum absolute atomic E-state index is 12.2. The number of aryl methyl sites for hydroxylation is 1. The number of aromatic amines is 1. The molecule has 0 radical (unpaired) electrons. The molecule has 19 heavy (non-hydrogen) atoms. The van der Waals surface area contributed by atoms with Crippen LogP contribution in [0, 0.1) is 6.92 Å². The fourth-order valence-corrected chi connectivity index (χ4v) is 2.39. The summed E-state index contributed by atoms with van der Waals surface area (Å²) >= 11 is 11.3. The van der Waals surface area contributed by atoms with Crippen molar-refractivity contribution in [3.05, 3.63) is 50.4 Å². The van der Waals surface area contributed by atoms with Crippen LogP contribution in [0.3, 0.4) is 0 Å². The summed E-state index contributed by atoms with van der Waals surface area (Å²) in [7, 11) is 0. The summed E-state index contributed by atoms with van der Waals surface area (Å²) < 4.78 is 1.38. The first-order valence-electron chi connectivity index (χ1n) is 5.76. The van der Waals surface area contributed by atoms with Gasteiger partial charge in [-0.1, -0.05) is 18.5 Å². The molecule has 1 aromatic carbocycles. The molecule has 100 valence electrons. The van der Waals surface area contributed by atoms with Crippen LogP contribution in [0.2, 0.25) is 5.02 Å². The van der Waals surface area contributed by atoms with Crippen LogP contribution < -0.4 is 5.56 Å². The second-order valence-electron chi connectivity index (χ2n) is 4.15. The third-order valence-corrected chi connectivity index (χ3v) is 3.50. The van der Waals surface area contributed by atoms with Crippen molar-refractivity contribution in [3.8, 4) is 5.69 Å². The molecule has 0 amide bonds. The number of nitrogens with one attached hydrogen (secondary N) is 1. The average molecular weight is 299 g/mol. The Labute approximate surface area is 119 Å². The van der Waals surface area contributed by atoms with Crippen LogP contribution >= 0.6 is 23.2 Å². The number of H-pyrrole nitrogens is 1. The molecule has 0 aliphatic heterocycles. The Balaban J connectivity index is 2.63. The molecule has 1 heterocycles. The molecule has 2 rings (SSSR count). The van der Waals surface area contributed by atoms with Crippen LogP contribution in [0.5, 0.6) is 0 Å². The number of nitrogens with zero attached hydrogens (tertiary/aromatic N) is 1. The van der Waals surface area contributed by atoms with Gasteiger partial charge < -0.3 is 0 Å². The van der Waals surface area contributed by atoms with Gasteiger partial charge in [-0.15, -0.1) is 0 Å². The SMILES string of the molecule is CCc1c(C)[nH]n(-c2ccc(Cl)c(C(=O)Cl)c2)c1=O. The van der Waals surface area contributed by atoms with Crippen molar-refractivity contribution in [2.75, 3.05) is 0 Å². The summed E-state index contributed by atoms with van der Waals surface area (Å²) in [5.74, 6) is 0. The van der Waals surface area contributed by atoms with Crippen molar-refractivity contribution in [3.63, 3.8) is 0 Å². The molecule has 1 N–H and O–H groups in total. The van der Waals surface area contributed by atoms with Gasteiger partial charge in [0, 0.05) is 11.3 Å². The van der Waals surface area contributed by atoms with Crippen LogP contribution in [-0.4, -0.2) is 15.0 Å². The van der Waals surface area contributed by atoms with E-state index in [0.29, 0.717) is 17.7 Å². The number of hydrogen-bond donors (Lipinski definition) is 1. The molecule has 0 aliphatic rings. The van der Waals surface area contributed by atoms with Gasteiger partial charge in [-0.25, -0.2) is 4.68 Å². The molecule has 0 saturated heterocycles. The van der Waals surface area contributed by atoms with E-state index in [2.05, 4.69) is 5.10 Å². The summed E-state index contributed by atoms with van der Waals surface area (Å²) in [6, 6.07) is 4.69. The number of aromatic nitrogens is 2. The molecule has 0 fully saturated rings. The van der Waals surface area contributed by atoms with Crippen LogP contribution in [0.1, 0.15) is 28.5 Å². The van der Waals surface area contributed by atoms with Crippen LogP contribution in [-0.2, 0) is 6.42 Å².